The van der Waals surface area contributed by atoms with Crippen molar-refractivity contribution in [1.29, 1.82) is 0 Å². The normalized spacial score (nSPS) is 12.8. The number of nitrogens with zero attached hydrogens (tertiary/aromatic N) is 4. The summed E-state index contributed by atoms with van der Waals surface area (Å²) in [5.74, 6) is 1.47. The fraction of sp³-hybridized carbons (Fsp3) is 0.533. The Balaban J connectivity index is 2.41. The molecule has 2 aromatic heterocycles. The van der Waals surface area contributed by atoms with Crippen molar-refractivity contribution in [2.45, 2.75) is 33.6 Å². The fourth-order valence-corrected chi connectivity index (χ4v) is 2.31. The highest BCUT2D eigenvalue weighted by Gasteiger charge is 2.17. The molecule has 0 fully saturated rings. The molecule has 0 spiro atoms. The van der Waals surface area contributed by atoms with E-state index in [2.05, 4.69) is 41.8 Å². The van der Waals surface area contributed by atoms with E-state index in [0.717, 1.165) is 30.1 Å². The number of anilines is 1. The Labute approximate surface area is 131 Å². The summed E-state index contributed by atoms with van der Waals surface area (Å²) in [6.45, 7) is 10.0. The van der Waals surface area contributed by atoms with E-state index in [9.17, 15) is 0 Å². The van der Waals surface area contributed by atoms with E-state index in [4.69, 9.17) is 18.0 Å². The molecule has 114 valence electrons. The van der Waals surface area contributed by atoms with Crippen LogP contribution in [0, 0.1) is 5.92 Å². The predicted octanol–water partition coefficient (Wildman–Crippen LogP) is 2.60. The molecule has 0 amide bonds. The largest absolute Gasteiger partial charge is 0.393 e. The molecule has 0 aliphatic heterocycles. The lowest BCUT2D eigenvalue weighted by Crippen LogP contribution is -2.34. The van der Waals surface area contributed by atoms with Crippen LogP contribution in [0.3, 0.4) is 0 Å². The van der Waals surface area contributed by atoms with Gasteiger partial charge in [0.15, 0.2) is 5.82 Å². The van der Waals surface area contributed by atoms with Crippen LogP contribution in [0.5, 0.6) is 0 Å². The van der Waals surface area contributed by atoms with Crippen molar-refractivity contribution in [3.8, 4) is 0 Å². The van der Waals surface area contributed by atoms with Gasteiger partial charge in [0.2, 0.25) is 0 Å². The lowest BCUT2D eigenvalue weighted by Gasteiger charge is -2.25. The SMILES string of the molecule is CCN(CC(C)C(N)=S)c1nccn2nc(C(C)C)cc12. The summed E-state index contributed by atoms with van der Waals surface area (Å²) in [4.78, 5) is 7.28. The molecule has 0 aliphatic rings. The molecule has 2 heterocycles. The lowest BCUT2D eigenvalue weighted by atomic mass is 10.1. The number of aromatic nitrogens is 3. The smallest absolute Gasteiger partial charge is 0.154 e. The van der Waals surface area contributed by atoms with Gasteiger partial charge in [-0.3, -0.25) is 0 Å². The molecular formula is C15H23N5S. The molecule has 21 heavy (non-hydrogen) atoms. The first-order valence-corrected chi connectivity index (χ1v) is 7.73. The zero-order valence-electron chi connectivity index (χ0n) is 13.1. The van der Waals surface area contributed by atoms with E-state index in [1.165, 1.54) is 0 Å². The number of nitrogens with two attached hydrogens (primary N) is 1. The molecule has 0 radical (unpaired) electrons. The minimum absolute atomic E-state index is 0.148. The summed E-state index contributed by atoms with van der Waals surface area (Å²) in [5.41, 5.74) is 7.84. The van der Waals surface area contributed by atoms with Crippen LogP contribution in [0.4, 0.5) is 5.82 Å². The van der Waals surface area contributed by atoms with Gasteiger partial charge in [0, 0.05) is 31.4 Å². The Morgan fingerprint density at radius 1 is 1.43 bits per heavy atom. The van der Waals surface area contributed by atoms with Crippen molar-refractivity contribution in [1.82, 2.24) is 14.6 Å². The van der Waals surface area contributed by atoms with Gasteiger partial charge < -0.3 is 10.6 Å². The van der Waals surface area contributed by atoms with Crippen LogP contribution in [0.2, 0.25) is 0 Å². The first-order chi connectivity index (χ1) is 9.93. The molecule has 6 heteroatoms. The van der Waals surface area contributed by atoms with Crippen LogP contribution in [0.25, 0.3) is 5.52 Å². The van der Waals surface area contributed by atoms with Gasteiger partial charge >= 0.3 is 0 Å². The number of rotatable bonds is 6. The standard InChI is InChI=1S/C15H23N5S/c1-5-19(9-11(4)14(16)21)15-13-8-12(10(2)3)18-20(13)7-6-17-15/h6-8,10-11H,5,9H2,1-4H3,(H2,16,21). The summed E-state index contributed by atoms with van der Waals surface area (Å²) in [5, 5.41) is 4.60. The summed E-state index contributed by atoms with van der Waals surface area (Å²) in [6.07, 6.45) is 3.67. The first-order valence-electron chi connectivity index (χ1n) is 7.32. The molecular weight excluding hydrogens is 282 g/mol. The van der Waals surface area contributed by atoms with E-state index >= 15 is 0 Å². The maximum absolute atomic E-state index is 5.74. The maximum atomic E-state index is 5.74. The Kier molecular flexibility index (Phi) is 4.77. The summed E-state index contributed by atoms with van der Waals surface area (Å²) < 4.78 is 1.89. The molecule has 2 aromatic rings. The molecule has 2 rings (SSSR count). The molecule has 2 N–H and O–H groups in total. The van der Waals surface area contributed by atoms with Gasteiger partial charge in [0.1, 0.15) is 5.52 Å². The third-order valence-corrected chi connectivity index (χ3v) is 4.04. The Hall–Kier alpha value is -1.69. The summed E-state index contributed by atoms with van der Waals surface area (Å²) in [7, 11) is 0. The Morgan fingerprint density at radius 3 is 2.71 bits per heavy atom. The van der Waals surface area contributed by atoms with Crippen LogP contribution in [0.1, 0.15) is 39.3 Å². The predicted molar refractivity (Wildman–Crippen MR) is 90.9 cm³/mol. The van der Waals surface area contributed by atoms with Crippen molar-refractivity contribution in [3.05, 3.63) is 24.2 Å². The second-order valence-corrected chi connectivity index (χ2v) is 6.12. The van der Waals surface area contributed by atoms with Crippen LogP contribution in [-0.4, -0.2) is 32.7 Å². The van der Waals surface area contributed by atoms with E-state index in [-0.39, 0.29) is 5.92 Å². The monoisotopic (exact) mass is 305 g/mol. The van der Waals surface area contributed by atoms with E-state index in [1.807, 2.05) is 17.6 Å². The number of thiocarbonyl (C=S) groups is 1. The summed E-state index contributed by atoms with van der Waals surface area (Å²) >= 11 is 5.08. The van der Waals surface area contributed by atoms with E-state index < -0.39 is 0 Å². The number of hydrogen-bond acceptors (Lipinski definition) is 4. The van der Waals surface area contributed by atoms with E-state index in [0.29, 0.717) is 10.9 Å². The molecule has 5 nitrogen and oxygen atoms in total. The zero-order valence-corrected chi connectivity index (χ0v) is 13.9. The lowest BCUT2D eigenvalue weighted by molar-refractivity contribution is 0.699. The second-order valence-electron chi connectivity index (χ2n) is 5.65. The number of fused-ring (bicyclic) bond motifs is 1. The van der Waals surface area contributed by atoms with Crippen molar-refractivity contribution in [3.63, 3.8) is 0 Å². The zero-order chi connectivity index (χ0) is 15.6. The topological polar surface area (TPSA) is 59.5 Å². The van der Waals surface area contributed by atoms with Crippen molar-refractivity contribution >= 4 is 28.5 Å². The van der Waals surface area contributed by atoms with Crippen LogP contribution >= 0.6 is 12.2 Å². The van der Waals surface area contributed by atoms with Gasteiger partial charge in [-0.15, -0.1) is 0 Å². The highest BCUT2D eigenvalue weighted by molar-refractivity contribution is 7.80. The third-order valence-electron chi connectivity index (χ3n) is 3.64. The van der Waals surface area contributed by atoms with Crippen LogP contribution < -0.4 is 10.6 Å². The summed E-state index contributed by atoms with van der Waals surface area (Å²) in [6, 6.07) is 2.11. The minimum Gasteiger partial charge on any atom is -0.393 e. The molecule has 1 atom stereocenters. The Morgan fingerprint density at radius 2 is 2.14 bits per heavy atom. The van der Waals surface area contributed by atoms with Crippen molar-refractivity contribution in [2.24, 2.45) is 11.7 Å². The van der Waals surface area contributed by atoms with Gasteiger partial charge in [-0.1, -0.05) is 33.0 Å². The second kappa shape index (κ2) is 6.39. The Bertz CT molecular complexity index is 634. The van der Waals surface area contributed by atoms with Crippen LogP contribution in [-0.2, 0) is 0 Å². The average molecular weight is 305 g/mol. The van der Waals surface area contributed by atoms with Gasteiger partial charge in [-0.2, -0.15) is 5.10 Å². The maximum Gasteiger partial charge on any atom is 0.154 e. The van der Waals surface area contributed by atoms with Crippen molar-refractivity contribution < 1.29 is 0 Å². The highest BCUT2D eigenvalue weighted by atomic mass is 32.1. The highest BCUT2D eigenvalue weighted by Crippen LogP contribution is 2.23. The van der Waals surface area contributed by atoms with Gasteiger partial charge in [-0.05, 0) is 18.9 Å². The van der Waals surface area contributed by atoms with Gasteiger partial charge in [0.05, 0.1) is 10.7 Å². The number of hydrogen-bond donors (Lipinski definition) is 1. The minimum atomic E-state index is 0.148. The molecule has 0 bridgehead atoms. The van der Waals surface area contributed by atoms with E-state index in [1.54, 1.807) is 6.20 Å². The molecule has 0 aromatic carbocycles. The first kappa shape index (κ1) is 15.7. The average Bonchev–Trinajstić information content (AvgIpc) is 2.88. The quantitative estimate of drug-likeness (QED) is 0.831. The molecule has 0 aliphatic carbocycles. The molecule has 0 saturated heterocycles. The van der Waals surface area contributed by atoms with Gasteiger partial charge in [0.25, 0.3) is 0 Å². The molecule has 1 unspecified atom stereocenters. The third kappa shape index (κ3) is 3.32. The fourth-order valence-electron chi connectivity index (χ4n) is 2.24. The van der Waals surface area contributed by atoms with Crippen LogP contribution in [0.15, 0.2) is 18.5 Å². The van der Waals surface area contributed by atoms with Gasteiger partial charge in [-0.25, -0.2) is 9.50 Å². The molecule has 0 saturated carbocycles. The van der Waals surface area contributed by atoms with Crippen molar-refractivity contribution in [2.75, 3.05) is 18.0 Å².